The van der Waals surface area contributed by atoms with Crippen molar-refractivity contribution in [1.29, 1.82) is 5.26 Å². The van der Waals surface area contributed by atoms with E-state index in [-0.39, 0.29) is 5.57 Å². The molecule has 4 nitrogen and oxygen atoms in total. The highest BCUT2D eigenvalue weighted by molar-refractivity contribution is 5.97. The molecule has 4 heteroatoms. The molecule has 0 fully saturated rings. The summed E-state index contributed by atoms with van der Waals surface area (Å²) in [5.41, 5.74) is 5.56. The first-order chi connectivity index (χ1) is 5.99. The fourth-order valence-corrected chi connectivity index (χ4v) is 0.682. The molecule has 13 heavy (non-hydrogen) atoms. The Labute approximate surface area is 77.9 Å². The predicted molar refractivity (Wildman–Crippen MR) is 50.3 cm³/mol. The summed E-state index contributed by atoms with van der Waals surface area (Å²) in [5.74, 6) is -0.691. The summed E-state index contributed by atoms with van der Waals surface area (Å²) in [4.78, 5) is 12.5. The lowest BCUT2D eigenvalue weighted by Crippen LogP contribution is -2.14. The minimum Gasteiger partial charge on any atom is -0.383 e. The van der Waals surface area contributed by atoms with Gasteiger partial charge < -0.3 is 10.6 Å². The lowest BCUT2D eigenvalue weighted by molar-refractivity contribution is -0.114. The Morgan fingerprint density at radius 2 is 2.08 bits per heavy atom. The Hall–Kier alpha value is -1.76. The Morgan fingerprint density at radius 1 is 1.54 bits per heavy atom. The monoisotopic (exact) mass is 179 g/mol. The summed E-state index contributed by atoms with van der Waals surface area (Å²) >= 11 is 0. The van der Waals surface area contributed by atoms with E-state index in [1.807, 2.05) is 14.1 Å². The molecule has 0 bridgehead atoms. The Kier molecular flexibility index (Phi) is 4.31. The van der Waals surface area contributed by atoms with Gasteiger partial charge in [-0.3, -0.25) is 4.79 Å². The molecule has 1 amide bonds. The molecular formula is C9H13N3O. The van der Waals surface area contributed by atoms with Gasteiger partial charge in [0.1, 0.15) is 11.6 Å². The van der Waals surface area contributed by atoms with Crippen LogP contribution in [0.4, 0.5) is 0 Å². The summed E-state index contributed by atoms with van der Waals surface area (Å²) in [6.45, 7) is 1.67. The maximum atomic E-state index is 10.7. The van der Waals surface area contributed by atoms with E-state index in [0.29, 0.717) is 5.57 Å². The van der Waals surface area contributed by atoms with Gasteiger partial charge in [-0.1, -0.05) is 0 Å². The molecule has 0 aliphatic rings. The molecule has 0 spiro atoms. The highest BCUT2D eigenvalue weighted by atomic mass is 16.1. The van der Waals surface area contributed by atoms with Crippen molar-refractivity contribution in [2.24, 2.45) is 5.73 Å². The number of primary amides is 1. The number of nitrogens with two attached hydrogens (primary N) is 1. The summed E-state index contributed by atoms with van der Waals surface area (Å²) in [6.07, 6.45) is 3.42. The largest absolute Gasteiger partial charge is 0.383 e. The zero-order valence-corrected chi connectivity index (χ0v) is 8.03. The Morgan fingerprint density at radius 3 is 2.38 bits per heavy atom. The summed E-state index contributed by atoms with van der Waals surface area (Å²) in [7, 11) is 3.69. The predicted octanol–water partition coefficient (Wildman–Crippen LogP) is 0.387. The molecule has 70 valence electrons. The van der Waals surface area contributed by atoms with Crippen LogP contribution in [-0.4, -0.2) is 24.9 Å². The molecule has 0 rings (SSSR count). The van der Waals surface area contributed by atoms with Crippen molar-refractivity contribution in [3.05, 3.63) is 23.4 Å². The highest BCUT2D eigenvalue weighted by Gasteiger charge is 2.05. The van der Waals surface area contributed by atoms with E-state index >= 15 is 0 Å². The van der Waals surface area contributed by atoms with Crippen LogP contribution in [0, 0.1) is 11.3 Å². The molecule has 0 aliphatic carbocycles. The van der Waals surface area contributed by atoms with Gasteiger partial charge in [-0.2, -0.15) is 5.26 Å². The van der Waals surface area contributed by atoms with E-state index in [1.165, 1.54) is 0 Å². The van der Waals surface area contributed by atoms with Gasteiger partial charge in [0.05, 0.1) is 0 Å². The SMILES string of the molecule is CC(C=CN(C)C)=C(C#N)C(N)=O. The first-order valence-corrected chi connectivity index (χ1v) is 3.74. The molecule has 0 unspecified atom stereocenters. The van der Waals surface area contributed by atoms with Crippen molar-refractivity contribution in [2.75, 3.05) is 14.1 Å². The van der Waals surface area contributed by atoms with Crippen LogP contribution < -0.4 is 5.73 Å². The van der Waals surface area contributed by atoms with Gasteiger partial charge in [0.25, 0.3) is 5.91 Å². The second kappa shape index (κ2) is 4.99. The number of carbonyl (C=O) groups excluding carboxylic acids is 1. The molecule has 0 aromatic rings. The van der Waals surface area contributed by atoms with Crippen LogP contribution in [0.3, 0.4) is 0 Å². The third kappa shape index (κ3) is 3.97. The number of nitrogens with zero attached hydrogens (tertiary/aromatic N) is 2. The minimum absolute atomic E-state index is 0.00176. The number of hydrogen-bond acceptors (Lipinski definition) is 3. The van der Waals surface area contributed by atoms with Crippen LogP contribution in [0.1, 0.15) is 6.92 Å². The standard InChI is InChI=1S/C9H13N3O/c1-7(4-5-12(2)3)8(6-10)9(11)13/h4-5H,1-3H3,(H2,11,13). The maximum absolute atomic E-state index is 10.7. The molecule has 2 N–H and O–H groups in total. The van der Waals surface area contributed by atoms with Crippen molar-refractivity contribution in [3.8, 4) is 6.07 Å². The van der Waals surface area contributed by atoms with E-state index in [4.69, 9.17) is 11.0 Å². The number of nitriles is 1. The van der Waals surface area contributed by atoms with Crippen molar-refractivity contribution in [3.63, 3.8) is 0 Å². The Balaban J connectivity index is 4.80. The molecular weight excluding hydrogens is 166 g/mol. The van der Waals surface area contributed by atoms with Gasteiger partial charge >= 0.3 is 0 Å². The highest BCUT2D eigenvalue weighted by Crippen LogP contribution is 2.03. The quantitative estimate of drug-likeness (QED) is 0.387. The van der Waals surface area contributed by atoms with Crippen LogP contribution >= 0.6 is 0 Å². The molecule has 0 saturated carbocycles. The molecule has 0 saturated heterocycles. The number of amides is 1. The summed E-state index contributed by atoms with van der Waals surface area (Å²) in [5, 5.41) is 8.58. The van der Waals surface area contributed by atoms with E-state index in [2.05, 4.69) is 0 Å². The zero-order chi connectivity index (χ0) is 10.4. The molecule has 0 aromatic carbocycles. The zero-order valence-electron chi connectivity index (χ0n) is 8.03. The lowest BCUT2D eigenvalue weighted by atomic mass is 10.1. The van der Waals surface area contributed by atoms with Gasteiger partial charge in [-0.05, 0) is 24.8 Å². The molecule has 0 aromatic heterocycles. The molecule has 0 heterocycles. The lowest BCUT2D eigenvalue weighted by Gasteiger charge is -2.03. The van der Waals surface area contributed by atoms with Crippen LogP contribution in [0.2, 0.25) is 0 Å². The number of rotatable bonds is 3. The van der Waals surface area contributed by atoms with Gasteiger partial charge in [-0.15, -0.1) is 0 Å². The third-order valence-corrected chi connectivity index (χ3v) is 1.38. The fourth-order valence-electron chi connectivity index (χ4n) is 0.682. The maximum Gasteiger partial charge on any atom is 0.259 e. The normalized spacial score (nSPS) is 12.2. The van der Waals surface area contributed by atoms with Crippen molar-refractivity contribution < 1.29 is 4.79 Å². The van der Waals surface area contributed by atoms with Gasteiger partial charge in [-0.25, -0.2) is 0 Å². The van der Waals surface area contributed by atoms with Crippen molar-refractivity contribution in [2.45, 2.75) is 6.92 Å². The van der Waals surface area contributed by atoms with Gasteiger partial charge in [0.15, 0.2) is 0 Å². The molecule has 0 aliphatic heterocycles. The third-order valence-electron chi connectivity index (χ3n) is 1.38. The van der Waals surface area contributed by atoms with E-state index in [0.717, 1.165) is 0 Å². The Bertz CT molecular complexity index is 294. The summed E-state index contributed by atoms with van der Waals surface area (Å²) in [6, 6.07) is 1.76. The van der Waals surface area contributed by atoms with Crippen LogP contribution in [0.25, 0.3) is 0 Å². The van der Waals surface area contributed by atoms with Crippen LogP contribution in [-0.2, 0) is 4.79 Å². The van der Waals surface area contributed by atoms with Crippen molar-refractivity contribution >= 4 is 5.91 Å². The van der Waals surface area contributed by atoms with Crippen molar-refractivity contribution in [1.82, 2.24) is 4.90 Å². The van der Waals surface area contributed by atoms with Crippen LogP contribution in [0.5, 0.6) is 0 Å². The fraction of sp³-hybridized carbons (Fsp3) is 0.333. The average molecular weight is 179 g/mol. The minimum atomic E-state index is -0.691. The second-order valence-corrected chi connectivity index (χ2v) is 2.81. The first kappa shape index (κ1) is 11.2. The molecule has 0 atom stereocenters. The second-order valence-electron chi connectivity index (χ2n) is 2.81. The van der Waals surface area contributed by atoms with E-state index in [1.54, 1.807) is 30.2 Å². The van der Waals surface area contributed by atoms with Crippen LogP contribution in [0.15, 0.2) is 23.4 Å². The first-order valence-electron chi connectivity index (χ1n) is 3.74. The van der Waals surface area contributed by atoms with E-state index in [9.17, 15) is 4.79 Å². The van der Waals surface area contributed by atoms with Gasteiger partial charge in [0.2, 0.25) is 0 Å². The average Bonchev–Trinajstić information content (AvgIpc) is 2.01. The number of hydrogen-bond donors (Lipinski definition) is 1. The number of allylic oxidation sites excluding steroid dienone is 2. The van der Waals surface area contributed by atoms with Gasteiger partial charge in [0, 0.05) is 14.1 Å². The number of carbonyl (C=O) groups is 1. The summed E-state index contributed by atoms with van der Waals surface area (Å²) < 4.78 is 0. The smallest absolute Gasteiger partial charge is 0.259 e. The molecule has 0 radical (unpaired) electrons. The van der Waals surface area contributed by atoms with E-state index < -0.39 is 5.91 Å². The topological polar surface area (TPSA) is 70.1 Å².